The van der Waals surface area contributed by atoms with E-state index in [1.54, 1.807) is 16.3 Å². The average Bonchev–Trinajstić information content (AvgIpc) is 3.10. The zero-order valence-electron chi connectivity index (χ0n) is 14.1. The molecule has 0 bridgehead atoms. The zero-order chi connectivity index (χ0) is 18.0. The van der Waals surface area contributed by atoms with Crippen LogP contribution in [0.1, 0.15) is 15.2 Å². The van der Waals surface area contributed by atoms with Gasteiger partial charge in [-0.05, 0) is 18.5 Å². The van der Waals surface area contributed by atoms with E-state index in [0.717, 1.165) is 13.1 Å². The Kier molecular flexibility index (Phi) is 5.41. The Hall–Kier alpha value is -1.51. The number of nitrogens with zero attached hydrogens (tertiary/aromatic N) is 5. The van der Waals surface area contributed by atoms with Crippen molar-refractivity contribution >= 4 is 27.5 Å². The lowest BCUT2D eigenvalue weighted by molar-refractivity contribution is 0.0697. The summed E-state index contributed by atoms with van der Waals surface area (Å²) < 4.78 is 28.5. The third kappa shape index (κ3) is 3.70. The molecule has 2 aliphatic heterocycles. The van der Waals surface area contributed by atoms with Crippen molar-refractivity contribution in [2.45, 2.75) is 0 Å². The molecule has 25 heavy (non-hydrogen) atoms. The van der Waals surface area contributed by atoms with Crippen molar-refractivity contribution in [1.82, 2.24) is 18.4 Å². The van der Waals surface area contributed by atoms with Crippen LogP contribution < -0.4 is 0 Å². The molecule has 8 nitrogen and oxygen atoms in total. The molecule has 3 heterocycles. The predicted octanol–water partition coefficient (Wildman–Crippen LogP) is -0.130. The van der Waals surface area contributed by atoms with Gasteiger partial charge in [0.25, 0.3) is 16.1 Å². The van der Waals surface area contributed by atoms with Crippen LogP contribution >= 0.6 is 11.3 Å². The summed E-state index contributed by atoms with van der Waals surface area (Å²) in [6, 6.07) is 3.65. The molecular weight excluding hydrogens is 362 g/mol. The van der Waals surface area contributed by atoms with E-state index in [2.05, 4.69) is 4.90 Å². The smallest absolute Gasteiger partial charge is 0.282 e. The first-order chi connectivity index (χ1) is 11.9. The Morgan fingerprint density at radius 3 is 2.20 bits per heavy atom. The number of thiophene rings is 1. The molecule has 0 spiro atoms. The summed E-state index contributed by atoms with van der Waals surface area (Å²) in [6.45, 7) is 3.71. The lowest BCUT2D eigenvalue weighted by Crippen LogP contribution is -2.57. The molecule has 1 amide bonds. The second kappa shape index (κ2) is 7.39. The van der Waals surface area contributed by atoms with E-state index in [1.165, 1.54) is 19.9 Å². The number of hydrogen-bond donors (Lipinski definition) is 0. The van der Waals surface area contributed by atoms with Gasteiger partial charge < -0.3 is 9.80 Å². The van der Waals surface area contributed by atoms with E-state index < -0.39 is 10.2 Å². The molecule has 0 radical (unpaired) electrons. The van der Waals surface area contributed by atoms with Crippen molar-refractivity contribution in [3.63, 3.8) is 0 Å². The maximum Gasteiger partial charge on any atom is 0.282 e. The minimum absolute atomic E-state index is 0.191. The Balaban J connectivity index is 1.62. The molecular formula is C15H21N5O3S2. The van der Waals surface area contributed by atoms with Crippen LogP contribution in [0.3, 0.4) is 0 Å². The van der Waals surface area contributed by atoms with Crippen molar-refractivity contribution in [1.29, 1.82) is 5.26 Å². The van der Waals surface area contributed by atoms with Gasteiger partial charge in [-0.25, -0.2) is 0 Å². The van der Waals surface area contributed by atoms with Gasteiger partial charge in [0.2, 0.25) is 0 Å². The van der Waals surface area contributed by atoms with Gasteiger partial charge in [0.05, 0.1) is 5.56 Å². The lowest BCUT2D eigenvalue weighted by Gasteiger charge is -2.39. The summed E-state index contributed by atoms with van der Waals surface area (Å²) in [5, 5.41) is 10.8. The molecule has 2 aliphatic rings. The van der Waals surface area contributed by atoms with Crippen molar-refractivity contribution in [2.75, 3.05) is 59.4 Å². The highest BCUT2D eigenvalue weighted by atomic mass is 32.2. The third-order valence-electron chi connectivity index (χ3n) is 4.62. The SMILES string of the molecule is CN1CCN(S(=O)(=O)N2CCN(C(=O)c3sccc3C#N)CC2)CC1. The number of likely N-dealkylation sites (N-methyl/N-ethyl adjacent to an activating group) is 1. The van der Waals surface area contributed by atoms with Crippen LogP contribution in [-0.4, -0.2) is 92.1 Å². The maximum atomic E-state index is 12.7. The topological polar surface area (TPSA) is 88.0 Å². The monoisotopic (exact) mass is 383 g/mol. The average molecular weight is 383 g/mol. The number of rotatable bonds is 3. The highest BCUT2D eigenvalue weighted by Crippen LogP contribution is 2.20. The van der Waals surface area contributed by atoms with E-state index in [0.29, 0.717) is 36.6 Å². The minimum atomic E-state index is -3.47. The molecule has 0 aliphatic carbocycles. The Morgan fingerprint density at radius 1 is 1.08 bits per heavy atom. The first-order valence-electron chi connectivity index (χ1n) is 8.14. The molecule has 136 valence electrons. The minimum Gasteiger partial charge on any atom is -0.335 e. The summed E-state index contributed by atoms with van der Waals surface area (Å²) in [7, 11) is -1.49. The van der Waals surface area contributed by atoms with Crippen LogP contribution in [0.4, 0.5) is 0 Å². The summed E-state index contributed by atoms with van der Waals surface area (Å²) in [5.74, 6) is -0.191. The van der Waals surface area contributed by atoms with Crippen molar-refractivity contribution in [3.8, 4) is 6.07 Å². The molecule has 0 atom stereocenters. The molecule has 0 aromatic carbocycles. The van der Waals surface area contributed by atoms with Gasteiger partial charge >= 0.3 is 0 Å². The second-order valence-corrected chi connectivity index (χ2v) is 9.02. The number of piperazine rings is 2. The number of carbonyl (C=O) groups excluding carboxylic acids is 1. The normalized spacial score (nSPS) is 21.2. The van der Waals surface area contributed by atoms with Gasteiger partial charge in [-0.15, -0.1) is 11.3 Å². The lowest BCUT2D eigenvalue weighted by atomic mass is 10.2. The fourth-order valence-corrected chi connectivity index (χ4v) is 5.40. The molecule has 10 heteroatoms. The van der Waals surface area contributed by atoms with Crippen LogP contribution in [0.2, 0.25) is 0 Å². The maximum absolute atomic E-state index is 12.7. The van der Waals surface area contributed by atoms with Crippen LogP contribution in [-0.2, 0) is 10.2 Å². The number of carbonyl (C=O) groups is 1. The van der Waals surface area contributed by atoms with Gasteiger partial charge in [0, 0.05) is 52.4 Å². The Bertz CT molecular complexity index is 769. The molecule has 0 unspecified atom stereocenters. The van der Waals surface area contributed by atoms with E-state index >= 15 is 0 Å². The molecule has 3 rings (SSSR count). The summed E-state index contributed by atoms with van der Waals surface area (Å²) in [6.07, 6.45) is 0. The highest BCUT2D eigenvalue weighted by molar-refractivity contribution is 7.86. The number of nitriles is 1. The number of hydrogen-bond acceptors (Lipinski definition) is 6. The van der Waals surface area contributed by atoms with Gasteiger partial charge in [0.1, 0.15) is 10.9 Å². The van der Waals surface area contributed by atoms with Crippen LogP contribution in [0.25, 0.3) is 0 Å². The Labute approximate surface area is 152 Å². The van der Waals surface area contributed by atoms with E-state index in [-0.39, 0.29) is 19.0 Å². The molecule has 2 saturated heterocycles. The van der Waals surface area contributed by atoms with Gasteiger partial charge in [-0.2, -0.15) is 22.3 Å². The van der Waals surface area contributed by atoms with Crippen LogP contribution in [0.5, 0.6) is 0 Å². The Morgan fingerprint density at radius 2 is 1.64 bits per heavy atom. The van der Waals surface area contributed by atoms with E-state index in [4.69, 9.17) is 5.26 Å². The second-order valence-electron chi connectivity index (χ2n) is 6.18. The highest BCUT2D eigenvalue weighted by Gasteiger charge is 2.35. The van der Waals surface area contributed by atoms with Gasteiger partial charge in [-0.1, -0.05) is 0 Å². The van der Waals surface area contributed by atoms with Crippen molar-refractivity contribution in [2.24, 2.45) is 0 Å². The standard InChI is InChI=1S/C15H21N5O3S2/c1-17-3-7-19(8-4-17)25(22,23)20-9-5-18(6-10-20)15(21)14-13(12-16)2-11-24-14/h2,11H,3-10H2,1H3. The molecule has 1 aromatic heterocycles. The first-order valence-corrected chi connectivity index (χ1v) is 10.4. The quantitative estimate of drug-likeness (QED) is 0.726. The van der Waals surface area contributed by atoms with Gasteiger partial charge in [0.15, 0.2) is 0 Å². The van der Waals surface area contributed by atoms with E-state index in [1.807, 2.05) is 13.1 Å². The fraction of sp³-hybridized carbons (Fsp3) is 0.600. The van der Waals surface area contributed by atoms with Crippen molar-refractivity contribution < 1.29 is 13.2 Å². The predicted molar refractivity (Wildman–Crippen MR) is 94.5 cm³/mol. The van der Waals surface area contributed by atoms with Gasteiger partial charge in [-0.3, -0.25) is 4.79 Å². The third-order valence-corrected chi connectivity index (χ3v) is 7.56. The van der Waals surface area contributed by atoms with Crippen LogP contribution in [0, 0.1) is 11.3 Å². The van der Waals surface area contributed by atoms with Crippen LogP contribution in [0.15, 0.2) is 11.4 Å². The summed E-state index contributed by atoms with van der Waals surface area (Å²) in [5.41, 5.74) is 0.377. The fourth-order valence-electron chi connectivity index (χ4n) is 3.01. The first kappa shape index (κ1) is 18.3. The summed E-state index contributed by atoms with van der Waals surface area (Å²) >= 11 is 1.25. The summed E-state index contributed by atoms with van der Waals surface area (Å²) in [4.78, 5) is 16.7. The largest absolute Gasteiger partial charge is 0.335 e. The van der Waals surface area contributed by atoms with Crippen molar-refractivity contribution in [3.05, 3.63) is 21.9 Å². The molecule has 0 N–H and O–H groups in total. The number of amides is 1. The molecule has 2 fully saturated rings. The molecule has 1 aromatic rings. The molecule has 0 saturated carbocycles. The van der Waals surface area contributed by atoms with E-state index in [9.17, 15) is 13.2 Å². The zero-order valence-corrected chi connectivity index (χ0v) is 15.7.